The maximum absolute atomic E-state index is 12.1. The molecule has 118 valence electrons. The van der Waals surface area contributed by atoms with Crippen molar-refractivity contribution in [1.29, 1.82) is 0 Å². The number of esters is 1. The molecule has 2 aliphatic rings. The smallest absolute Gasteiger partial charge is 0.329 e. The minimum atomic E-state index is -1.42. The lowest BCUT2D eigenvalue weighted by molar-refractivity contribution is -0.151. The van der Waals surface area contributed by atoms with Gasteiger partial charge in [-0.3, -0.25) is 14.4 Å². The van der Waals surface area contributed by atoms with E-state index in [1.54, 1.807) is 18.2 Å². The molecule has 0 aliphatic carbocycles. The van der Waals surface area contributed by atoms with Gasteiger partial charge in [0.1, 0.15) is 19.0 Å². The lowest BCUT2D eigenvalue weighted by atomic mass is 9.96. The molecule has 0 radical (unpaired) electrons. The number of carbonyl (C=O) groups is 3. The highest BCUT2D eigenvalue weighted by Gasteiger charge is 2.36. The van der Waals surface area contributed by atoms with Gasteiger partial charge in [0.2, 0.25) is 0 Å². The number of carbonyl (C=O) groups excluding carboxylic acids is 3. The van der Waals surface area contributed by atoms with E-state index >= 15 is 0 Å². The van der Waals surface area contributed by atoms with Crippen molar-refractivity contribution in [2.24, 2.45) is 5.92 Å². The molecule has 1 aromatic carbocycles. The average Bonchev–Trinajstić information content (AvgIpc) is 2.51. The molecule has 3 rings (SSSR count). The van der Waals surface area contributed by atoms with Crippen LogP contribution < -0.4 is 9.47 Å². The largest absolute Gasteiger partial charge is 0.486 e. The summed E-state index contributed by atoms with van der Waals surface area (Å²) in [6.07, 6.45) is 3.87. The summed E-state index contributed by atoms with van der Waals surface area (Å²) in [5.41, 5.74) is 0.700. The van der Waals surface area contributed by atoms with Gasteiger partial charge < -0.3 is 14.2 Å². The SMILES string of the molecule is CC1=CC(=O)[C@@H](C(=O)/C=C/c2ccc3c(c2)OCCO3)C(=O)O1. The summed E-state index contributed by atoms with van der Waals surface area (Å²) in [7, 11) is 0. The summed E-state index contributed by atoms with van der Waals surface area (Å²) in [5, 5.41) is 0. The van der Waals surface area contributed by atoms with Crippen molar-refractivity contribution in [2.75, 3.05) is 13.2 Å². The van der Waals surface area contributed by atoms with Crippen LogP contribution in [0, 0.1) is 5.92 Å². The molecule has 0 saturated heterocycles. The fourth-order valence-corrected chi connectivity index (χ4v) is 2.34. The van der Waals surface area contributed by atoms with E-state index in [1.165, 1.54) is 19.1 Å². The Morgan fingerprint density at radius 2 is 1.91 bits per heavy atom. The van der Waals surface area contributed by atoms with Crippen LogP contribution in [-0.2, 0) is 19.1 Å². The predicted octanol–water partition coefficient (Wildman–Crippen LogP) is 1.69. The highest BCUT2D eigenvalue weighted by atomic mass is 16.6. The second-order valence-corrected chi connectivity index (χ2v) is 5.15. The Hall–Kier alpha value is -2.89. The summed E-state index contributed by atoms with van der Waals surface area (Å²) in [4.78, 5) is 35.6. The third-order valence-corrected chi connectivity index (χ3v) is 3.42. The van der Waals surface area contributed by atoms with Crippen molar-refractivity contribution in [3.05, 3.63) is 41.7 Å². The normalized spacial score (nSPS) is 20.2. The van der Waals surface area contributed by atoms with Crippen LogP contribution in [0.3, 0.4) is 0 Å². The molecule has 2 heterocycles. The van der Waals surface area contributed by atoms with Crippen molar-refractivity contribution < 1.29 is 28.6 Å². The second kappa shape index (κ2) is 6.08. The first-order valence-corrected chi connectivity index (χ1v) is 7.10. The van der Waals surface area contributed by atoms with E-state index in [9.17, 15) is 14.4 Å². The number of ketones is 2. The summed E-state index contributed by atoms with van der Waals surface area (Å²) in [5.74, 6) is -2.00. The van der Waals surface area contributed by atoms with E-state index < -0.39 is 23.5 Å². The molecule has 0 spiro atoms. The number of benzene rings is 1. The number of ether oxygens (including phenoxy) is 3. The molecule has 0 bridgehead atoms. The van der Waals surface area contributed by atoms with Crippen LogP contribution in [0.5, 0.6) is 11.5 Å². The standard InChI is InChI=1S/C17H14O6/c1-10-8-13(19)16(17(20)23-10)12(18)4-2-11-3-5-14-15(9-11)22-7-6-21-14/h2-5,8-9,16H,6-7H2,1H3/b4-2+/t16-/m1/s1. The quantitative estimate of drug-likeness (QED) is 0.480. The van der Waals surface area contributed by atoms with E-state index in [0.29, 0.717) is 30.3 Å². The molecule has 0 amide bonds. The number of allylic oxidation sites excluding steroid dienone is 3. The van der Waals surface area contributed by atoms with Gasteiger partial charge in [0.15, 0.2) is 29.0 Å². The van der Waals surface area contributed by atoms with Crippen LogP contribution in [0.1, 0.15) is 12.5 Å². The molecule has 6 heteroatoms. The Balaban J connectivity index is 1.76. The third kappa shape index (κ3) is 3.15. The van der Waals surface area contributed by atoms with Crippen molar-refractivity contribution in [3.8, 4) is 11.5 Å². The number of cyclic esters (lactones) is 1. The molecule has 2 aliphatic heterocycles. The van der Waals surface area contributed by atoms with Gasteiger partial charge in [-0.25, -0.2) is 0 Å². The molecule has 0 N–H and O–H groups in total. The molecule has 0 saturated carbocycles. The van der Waals surface area contributed by atoms with Crippen molar-refractivity contribution in [3.63, 3.8) is 0 Å². The van der Waals surface area contributed by atoms with E-state index in [-0.39, 0.29) is 5.76 Å². The van der Waals surface area contributed by atoms with Crippen LogP contribution in [0.2, 0.25) is 0 Å². The summed E-state index contributed by atoms with van der Waals surface area (Å²) >= 11 is 0. The summed E-state index contributed by atoms with van der Waals surface area (Å²) < 4.78 is 15.7. The van der Waals surface area contributed by atoms with Crippen molar-refractivity contribution in [2.45, 2.75) is 6.92 Å². The first-order chi connectivity index (χ1) is 11.0. The Bertz CT molecular complexity index is 743. The zero-order valence-electron chi connectivity index (χ0n) is 12.4. The molecule has 0 aromatic heterocycles. The van der Waals surface area contributed by atoms with Gasteiger partial charge >= 0.3 is 5.97 Å². The van der Waals surface area contributed by atoms with Crippen LogP contribution in [-0.4, -0.2) is 30.7 Å². The van der Waals surface area contributed by atoms with Crippen LogP contribution >= 0.6 is 0 Å². The topological polar surface area (TPSA) is 78.9 Å². The van der Waals surface area contributed by atoms with Gasteiger partial charge in [0.25, 0.3) is 0 Å². The Morgan fingerprint density at radius 1 is 1.17 bits per heavy atom. The van der Waals surface area contributed by atoms with Gasteiger partial charge in [-0.2, -0.15) is 0 Å². The summed E-state index contributed by atoms with van der Waals surface area (Å²) in [6.45, 7) is 2.45. The molecular formula is C17H14O6. The minimum absolute atomic E-state index is 0.194. The minimum Gasteiger partial charge on any atom is -0.486 e. The van der Waals surface area contributed by atoms with Crippen LogP contribution in [0.15, 0.2) is 36.1 Å². The second-order valence-electron chi connectivity index (χ2n) is 5.15. The zero-order chi connectivity index (χ0) is 16.4. The maximum Gasteiger partial charge on any atom is 0.329 e. The lowest BCUT2D eigenvalue weighted by Crippen LogP contribution is -2.34. The number of hydrogen-bond acceptors (Lipinski definition) is 6. The first kappa shape index (κ1) is 15.0. The Labute approximate surface area is 132 Å². The highest BCUT2D eigenvalue weighted by molar-refractivity contribution is 6.25. The van der Waals surface area contributed by atoms with E-state index in [1.807, 2.05) is 0 Å². The van der Waals surface area contributed by atoms with Gasteiger partial charge in [0, 0.05) is 6.08 Å². The molecule has 0 unspecified atom stereocenters. The van der Waals surface area contributed by atoms with E-state index in [2.05, 4.69) is 0 Å². The van der Waals surface area contributed by atoms with Gasteiger partial charge in [-0.1, -0.05) is 12.1 Å². The lowest BCUT2D eigenvalue weighted by Gasteiger charge is -2.18. The molecule has 1 atom stereocenters. The van der Waals surface area contributed by atoms with Gasteiger partial charge in [0.05, 0.1) is 0 Å². The monoisotopic (exact) mass is 314 g/mol. The first-order valence-electron chi connectivity index (χ1n) is 7.10. The number of rotatable bonds is 3. The van der Waals surface area contributed by atoms with Gasteiger partial charge in [-0.05, 0) is 30.7 Å². The zero-order valence-corrected chi connectivity index (χ0v) is 12.4. The molecular weight excluding hydrogens is 300 g/mol. The number of fused-ring (bicyclic) bond motifs is 1. The number of hydrogen-bond donors (Lipinski definition) is 0. The fourth-order valence-electron chi connectivity index (χ4n) is 2.34. The fraction of sp³-hybridized carbons (Fsp3) is 0.235. The summed E-state index contributed by atoms with van der Waals surface area (Å²) in [6, 6.07) is 5.22. The molecule has 0 fully saturated rings. The van der Waals surface area contributed by atoms with E-state index in [0.717, 1.165) is 6.08 Å². The van der Waals surface area contributed by atoms with Crippen molar-refractivity contribution >= 4 is 23.6 Å². The highest BCUT2D eigenvalue weighted by Crippen LogP contribution is 2.31. The van der Waals surface area contributed by atoms with Crippen LogP contribution in [0.4, 0.5) is 0 Å². The van der Waals surface area contributed by atoms with Gasteiger partial charge in [-0.15, -0.1) is 0 Å². The predicted molar refractivity (Wildman–Crippen MR) is 79.8 cm³/mol. The molecule has 6 nitrogen and oxygen atoms in total. The Kier molecular flexibility index (Phi) is 3.97. The third-order valence-electron chi connectivity index (χ3n) is 3.42. The molecule has 1 aromatic rings. The average molecular weight is 314 g/mol. The Morgan fingerprint density at radius 3 is 2.65 bits per heavy atom. The van der Waals surface area contributed by atoms with E-state index in [4.69, 9.17) is 14.2 Å². The van der Waals surface area contributed by atoms with Crippen LogP contribution in [0.25, 0.3) is 6.08 Å². The van der Waals surface area contributed by atoms with Crippen molar-refractivity contribution in [1.82, 2.24) is 0 Å². The molecule has 23 heavy (non-hydrogen) atoms. The maximum atomic E-state index is 12.1.